The normalized spacial score (nSPS) is 18.6. The van der Waals surface area contributed by atoms with E-state index in [9.17, 15) is 18.0 Å². The number of carbonyl (C=O) groups excluding carboxylic acids is 2. The van der Waals surface area contributed by atoms with Gasteiger partial charge in [0.25, 0.3) is 10.0 Å². The Hall–Kier alpha value is -2.23. The summed E-state index contributed by atoms with van der Waals surface area (Å²) in [6.45, 7) is 3.33. The monoisotopic (exact) mass is 493 g/mol. The second-order valence-corrected chi connectivity index (χ2v) is 11.2. The highest BCUT2D eigenvalue weighted by Crippen LogP contribution is 2.35. The number of aryl methyl sites for hydroxylation is 1. The zero-order valence-corrected chi connectivity index (χ0v) is 19.9. The third kappa shape index (κ3) is 5.05. The van der Waals surface area contributed by atoms with Gasteiger partial charge in [-0.25, -0.2) is 8.42 Å². The van der Waals surface area contributed by atoms with Gasteiger partial charge in [0, 0.05) is 35.2 Å². The van der Waals surface area contributed by atoms with E-state index in [1.165, 1.54) is 23.9 Å². The number of fused-ring (bicyclic) bond motifs is 1. The molecule has 170 valence electrons. The maximum Gasteiger partial charge on any atom is 0.261 e. The van der Waals surface area contributed by atoms with Gasteiger partial charge in [-0.2, -0.15) is 0 Å². The Morgan fingerprint density at radius 1 is 1.22 bits per heavy atom. The van der Waals surface area contributed by atoms with Crippen LogP contribution in [0.5, 0.6) is 0 Å². The molecule has 10 heteroatoms. The summed E-state index contributed by atoms with van der Waals surface area (Å²) in [6.07, 6.45) is 2.17. The molecule has 2 amide bonds. The molecule has 0 spiro atoms. The van der Waals surface area contributed by atoms with E-state index in [1.807, 2.05) is 11.8 Å². The molecule has 2 aromatic carbocycles. The van der Waals surface area contributed by atoms with Crippen LogP contribution in [0, 0.1) is 12.8 Å². The Kier molecular flexibility index (Phi) is 6.69. The number of hydrogen-bond acceptors (Lipinski definition) is 5. The molecule has 2 aliphatic rings. The lowest BCUT2D eigenvalue weighted by Crippen LogP contribution is -2.33. The summed E-state index contributed by atoms with van der Waals surface area (Å²) in [6, 6.07) is 9.56. The van der Waals surface area contributed by atoms with Gasteiger partial charge in [-0.1, -0.05) is 17.7 Å². The molecule has 0 saturated carbocycles. The molecule has 0 unspecified atom stereocenters. The predicted molar refractivity (Wildman–Crippen MR) is 127 cm³/mol. The number of hydrogen-bond donors (Lipinski definition) is 2. The van der Waals surface area contributed by atoms with Crippen LogP contribution in [0.15, 0.2) is 46.2 Å². The molecular weight excluding hydrogens is 470 g/mol. The average molecular weight is 494 g/mol. The molecule has 0 radical (unpaired) electrons. The van der Waals surface area contributed by atoms with Crippen molar-refractivity contribution in [3.63, 3.8) is 0 Å². The summed E-state index contributed by atoms with van der Waals surface area (Å²) in [5.41, 5.74) is 1.63. The minimum Gasteiger partial charge on any atom is -0.343 e. The molecule has 1 saturated heterocycles. The van der Waals surface area contributed by atoms with Gasteiger partial charge in [0.1, 0.15) is 0 Å². The van der Waals surface area contributed by atoms with E-state index in [0.29, 0.717) is 22.2 Å². The van der Waals surface area contributed by atoms with Crippen LogP contribution in [-0.4, -0.2) is 44.0 Å². The molecule has 1 fully saturated rings. The summed E-state index contributed by atoms with van der Waals surface area (Å²) < 4.78 is 28.3. The number of rotatable bonds is 5. The van der Waals surface area contributed by atoms with Crippen molar-refractivity contribution in [3.05, 3.63) is 47.0 Å². The van der Waals surface area contributed by atoms with Crippen LogP contribution in [0.4, 0.5) is 11.4 Å². The van der Waals surface area contributed by atoms with Gasteiger partial charge in [-0.3, -0.25) is 14.3 Å². The van der Waals surface area contributed by atoms with E-state index in [1.54, 1.807) is 24.3 Å². The third-order valence-electron chi connectivity index (χ3n) is 5.63. The van der Waals surface area contributed by atoms with Crippen molar-refractivity contribution < 1.29 is 18.0 Å². The van der Waals surface area contributed by atoms with Crippen molar-refractivity contribution in [1.82, 2.24) is 4.90 Å². The first-order chi connectivity index (χ1) is 15.2. The molecule has 7 nitrogen and oxygen atoms in total. The number of amides is 2. The number of carbonyl (C=O) groups is 2. The Labute approximate surface area is 196 Å². The van der Waals surface area contributed by atoms with Crippen LogP contribution in [0.2, 0.25) is 5.02 Å². The summed E-state index contributed by atoms with van der Waals surface area (Å²) >= 11 is 7.54. The lowest BCUT2D eigenvalue weighted by molar-refractivity contribution is -0.133. The molecule has 2 heterocycles. The largest absolute Gasteiger partial charge is 0.343 e. The maximum absolute atomic E-state index is 12.9. The summed E-state index contributed by atoms with van der Waals surface area (Å²) in [4.78, 5) is 27.9. The first-order valence-corrected chi connectivity index (χ1v) is 13.2. The predicted octanol–water partition coefficient (Wildman–Crippen LogP) is 4.12. The first-order valence-electron chi connectivity index (χ1n) is 10.4. The fourth-order valence-electron chi connectivity index (χ4n) is 3.73. The summed E-state index contributed by atoms with van der Waals surface area (Å²) in [7, 11) is -3.88. The SMILES string of the molecule is Cc1ccc(NS(=O)(=O)c2ccc3c(c2)NC(=O)[C@@H](CC(=O)N2CCCC2)CS3)cc1Cl. The fourth-order valence-corrected chi connectivity index (χ4v) is 6.06. The zero-order valence-electron chi connectivity index (χ0n) is 17.6. The quantitative estimate of drug-likeness (QED) is 0.653. The highest BCUT2D eigenvalue weighted by atomic mass is 35.5. The van der Waals surface area contributed by atoms with Crippen LogP contribution >= 0.6 is 23.4 Å². The van der Waals surface area contributed by atoms with Crippen molar-refractivity contribution >= 4 is 56.6 Å². The van der Waals surface area contributed by atoms with Crippen LogP contribution in [0.25, 0.3) is 0 Å². The van der Waals surface area contributed by atoms with Crippen LogP contribution in [-0.2, 0) is 19.6 Å². The van der Waals surface area contributed by atoms with Gasteiger partial charge in [0.15, 0.2) is 0 Å². The van der Waals surface area contributed by atoms with Crippen LogP contribution < -0.4 is 10.0 Å². The second kappa shape index (κ2) is 9.33. The zero-order chi connectivity index (χ0) is 22.9. The van der Waals surface area contributed by atoms with E-state index in [0.717, 1.165) is 36.4 Å². The van der Waals surface area contributed by atoms with E-state index in [-0.39, 0.29) is 23.1 Å². The highest BCUT2D eigenvalue weighted by molar-refractivity contribution is 7.99. The van der Waals surface area contributed by atoms with Crippen molar-refractivity contribution in [2.24, 2.45) is 5.92 Å². The lowest BCUT2D eigenvalue weighted by Gasteiger charge is -2.18. The summed E-state index contributed by atoms with van der Waals surface area (Å²) in [5, 5.41) is 3.28. The van der Waals surface area contributed by atoms with Crippen LogP contribution in [0.1, 0.15) is 24.8 Å². The van der Waals surface area contributed by atoms with Gasteiger partial charge in [0.2, 0.25) is 11.8 Å². The van der Waals surface area contributed by atoms with Gasteiger partial charge in [-0.05, 0) is 55.7 Å². The van der Waals surface area contributed by atoms with Crippen molar-refractivity contribution in [2.45, 2.75) is 36.0 Å². The standard InChI is InChI=1S/C22H24ClN3O4S2/c1-14-4-5-16(11-18(14)23)25-32(29,30)17-6-7-20-19(12-17)24-22(28)15(13-31-20)10-21(27)26-8-2-3-9-26/h4-7,11-12,15,25H,2-3,8-10,13H2,1H3,(H,24,28)/t15-/m0/s1. The molecule has 2 aromatic rings. The minimum absolute atomic E-state index is 0.00145. The first kappa shape index (κ1) is 22.9. The van der Waals surface area contributed by atoms with Crippen molar-refractivity contribution in [1.29, 1.82) is 0 Å². The third-order valence-corrected chi connectivity index (χ3v) is 8.66. The van der Waals surface area contributed by atoms with E-state index < -0.39 is 15.9 Å². The van der Waals surface area contributed by atoms with Gasteiger partial charge in [-0.15, -0.1) is 11.8 Å². The minimum atomic E-state index is -3.88. The molecular formula is C22H24ClN3O4S2. The fraction of sp³-hybridized carbons (Fsp3) is 0.364. The smallest absolute Gasteiger partial charge is 0.261 e. The van der Waals surface area contributed by atoms with Gasteiger partial charge < -0.3 is 10.2 Å². The van der Waals surface area contributed by atoms with Gasteiger partial charge in [0.05, 0.1) is 22.2 Å². The van der Waals surface area contributed by atoms with Crippen LogP contribution in [0.3, 0.4) is 0 Å². The molecule has 0 bridgehead atoms. The van der Waals surface area contributed by atoms with Gasteiger partial charge >= 0.3 is 0 Å². The number of likely N-dealkylation sites (tertiary alicyclic amines) is 1. The molecule has 0 aromatic heterocycles. The topological polar surface area (TPSA) is 95.6 Å². The van der Waals surface area contributed by atoms with E-state index in [2.05, 4.69) is 10.0 Å². The Bertz CT molecular complexity index is 1160. The Morgan fingerprint density at radius 3 is 2.69 bits per heavy atom. The maximum atomic E-state index is 12.9. The lowest BCUT2D eigenvalue weighted by atomic mass is 10.1. The number of halogens is 1. The van der Waals surface area contributed by atoms with E-state index in [4.69, 9.17) is 11.6 Å². The molecule has 2 N–H and O–H groups in total. The average Bonchev–Trinajstić information content (AvgIpc) is 3.24. The summed E-state index contributed by atoms with van der Waals surface area (Å²) in [5.74, 6) is -0.270. The molecule has 32 heavy (non-hydrogen) atoms. The number of thioether (sulfide) groups is 1. The van der Waals surface area contributed by atoms with Crippen molar-refractivity contribution in [2.75, 3.05) is 28.9 Å². The second-order valence-electron chi connectivity index (χ2n) is 8.02. The molecule has 1 atom stereocenters. The Morgan fingerprint density at radius 2 is 1.97 bits per heavy atom. The number of nitrogens with zero attached hydrogens (tertiary/aromatic N) is 1. The molecule has 0 aliphatic carbocycles. The van der Waals surface area contributed by atoms with E-state index >= 15 is 0 Å². The Balaban J connectivity index is 1.50. The number of anilines is 2. The molecule has 2 aliphatic heterocycles. The number of benzene rings is 2. The molecule has 4 rings (SSSR count). The van der Waals surface area contributed by atoms with Crippen molar-refractivity contribution in [3.8, 4) is 0 Å². The number of nitrogens with one attached hydrogen (secondary N) is 2. The number of sulfonamides is 1. The highest BCUT2D eigenvalue weighted by Gasteiger charge is 2.30.